The molecule has 2 heterocycles. The van der Waals surface area contributed by atoms with Gasteiger partial charge in [-0.1, -0.05) is 6.58 Å². The summed E-state index contributed by atoms with van der Waals surface area (Å²) in [6, 6.07) is 13.5. The van der Waals surface area contributed by atoms with E-state index in [1.807, 2.05) is 24.3 Å². The second kappa shape index (κ2) is 8.41. The van der Waals surface area contributed by atoms with Crippen molar-refractivity contribution in [2.75, 3.05) is 18.0 Å². The number of carbonyl (C=O) groups excluding carboxylic acids is 1. The van der Waals surface area contributed by atoms with Crippen LogP contribution in [0.15, 0.2) is 72.7 Å². The van der Waals surface area contributed by atoms with Gasteiger partial charge < -0.3 is 15.5 Å². The number of Topliss-reactive ketones (excluding diaryl/α,β-unsaturated/α-hetero) is 1. The molecule has 0 amide bonds. The van der Waals surface area contributed by atoms with Gasteiger partial charge in [0.15, 0.2) is 5.78 Å². The number of carbonyl (C=O) groups is 1. The highest BCUT2D eigenvalue weighted by molar-refractivity contribution is 6.09. The maximum absolute atomic E-state index is 13.3. The fourth-order valence-corrected chi connectivity index (χ4v) is 3.93. The number of nitrogens with one attached hydrogen (secondary N) is 2. The highest BCUT2D eigenvalue weighted by Crippen LogP contribution is 2.30. The van der Waals surface area contributed by atoms with Crippen LogP contribution in [0.5, 0.6) is 0 Å². The zero-order valence-electron chi connectivity index (χ0n) is 16.6. The van der Waals surface area contributed by atoms with Crippen LogP contribution in [-0.4, -0.2) is 23.8 Å². The first-order chi connectivity index (χ1) is 14.5. The molecule has 0 radical (unpaired) electrons. The summed E-state index contributed by atoms with van der Waals surface area (Å²) in [5.74, 6) is 0.464. The molecule has 2 aromatic carbocycles. The van der Waals surface area contributed by atoms with Crippen molar-refractivity contribution in [3.8, 4) is 0 Å². The third-order valence-electron chi connectivity index (χ3n) is 5.58. The minimum atomic E-state index is -0.440. The lowest BCUT2D eigenvalue weighted by atomic mass is 9.91. The van der Waals surface area contributed by atoms with E-state index in [0.29, 0.717) is 17.0 Å². The Morgan fingerprint density at radius 2 is 1.70 bits per heavy atom. The molecule has 2 aromatic rings. The van der Waals surface area contributed by atoms with E-state index in [9.17, 15) is 14.9 Å². The standard InChI is InChI=1S/C23H24N4O3/c1-16-24-15-21(22(25-16)17-5-11-20(12-6-17)27(29)30)23(28)18-7-9-19(10-8-18)26-13-3-2-4-14-26/h5-12,15,22,24-25H,1-4,13-14H2. The molecule has 0 aromatic heterocycles. The van der Waals surface area contributed by atoms with Crippen LogP contribution in [0.2, 0.25) is 0 Å². The normalized spacial score (nSPS) is 18.8. The lowest BCUT2D eigenvalue weighted by Gasteiger charge is -2.29. The van der Waals surface area contributed by atoms with E-state index in [0.717, 1.165) is 24.3 Å². The van der Waals surface area contributed by atoms with E-state index in [-0.39, 0.29) is 11.5 Å². The lowest BCUT2D eigenvalue weighted by molar-refractivity contribution is -0.384. The summed E-state index contributed by atoms with van der Waals surface area (Å²) < 4.78 is 0. The van der Waals surface area contributed by atoms with Crippen molar-refractivity contribution >= 4 is 17.2 Å². The Bertz CT molecular complexity index is 990. The fraction of sp³-hybridized carbons (Fsp3) is 0.261. The molecule has 7 heteroatoms. The molecule has 0 bridgehead atoms. The molecule has 4 rings (SSSR count). The van der Waals surface area contributed by atoms with Gasteiger partial charge in [0.1, 0.15) is 0 Å². The van der Waals surface area contributed by atoms with Crippen molar-refractivity contribution in [3.05, 3.63) is 93.9 Å². The topological polar surface area (TPSA) is 87.5 Å². The molecule has 0 spiro atoms. The van der Waals surface area contributed by atoms with Crippen LogP contribution >= 0.6 is 0 Å². The number of nitro benzene ring substituents is 1. The van der Waals surface area contributed by atoms with Crippen molar-refractivity contribution in [1.29, 1.82) is 0 Å². The van der Waals surface area contributed by atoms with Crippen molar-refractivity contribution < 1.29 is 9.72 Å². The maximum Gasteiger partial charge on any atom is 0.269 e. The largest absolute Gasteiger partial charge is 0.372 e. The SMILES string of the molecule is C=C1NC=C(C(=O)c2ccc(N3CCCCC3)cc2)C(c2ccc([N+](=O)[O-])cc2)N1. The van der Waals surface area contributed by atoms with Gasteiger partial charge in [0.05, 0.1) is 16.8 Å². The van der Waals surface area contributed by atoms with Gasteiger partial charge in [-0.2, -0.15) is 0 Å². The number of rotatable bonds is 5. The van der Waals surface area contributed by atoms with Crippen LogP contribution in [0, 0.1) is 10.1 Å². The molecule has 1 fully saturated rings. The van der Waals surface area contributed by atoms with E-state index in [4.69, 9.17) is 0 Å². The van der Waals surface area contributed by atoms with E-state index in [2.05, 4.69) is 22.1 Å². The Kier molecular flexibility index (Phi) is 5.52. The maximum atomic E-state index is 13.3. The van der Waals surface area contributed by atoms with E-state index >= 15 is 0 Å². The molecule has 30 heavy (non-hydrogen) atoms. The van der Waals surface area contributed by atoms with Gasteiger partial charge in [-0.25, -0.2) is 0 Å². The summed E-state index contributed by atoms with van der Waals surface area (Å²) >= 11 is 0. The van der Waals surface area contributed by atoms with Crippen LogP contribution in [0.1, 0.15) is 41.2 Å². The third-order valence-corrected chi connectivity index (χ3v) is 5.58. The first-order valence-corrected chi connectivity index (χ1v) is 10.1. The van der Waals surface area contributed by atoms with Crippen molar-refractivity contribution in [2.45, 2.75) is 25.3 Å². The zero-order chi connectivity index (χ0) is 21.1. The number of nitro groups is 1. The summed E-state index contributed by atoms with van der Waals surface area (Å²) in [5, 5.41) is 17.1. The molecule has 1 atom stereocenters. The minimum Gasteiger partial charge on any atom is -0.372 e. The zero-order valence-corrected chi connectivity index (χ0v) is 16.6. The molecular formula is C23H24N4O3. The first kappa shape index (κ1) is 19.7. The number of nitrogens with zero attached hydrogens (tertiary/aromatic N) is 2. The number of hydrogen-bond donors (Lipinski definition) is 2. The monoisotopic (exact) mass is 404 g/mol. The number of benzene rings is 2. The van der Waals surface area contributed by atoms with Gasteiger partial charge in [-0.05, 0) is 61.2 Å². The van der Waals surface area contributed by atoms with Gasteiger partial charge >= 0.3 is 0 Å². The van der Waals surface area contributed by atoms with Crippen LogP contribution < -0.4 is 15.5 Å². The summed E-state index contributed by atoms with van der Waals surface area (Å²) in [4.78, 5) is 26.1. The van der Waals surface area contributed by atoms with Gasteiger partial charge in [0, 0.05) is 48.2 Å². The highest BCUT2D eigenvalue weighted by atomic mass is 16.6. The minimum absolute atomic E-state index is 0.0108. The number of ketones is 1. The molecule has 2 aliphatic rings. The summed E-state index contributed by atoms with van der Waals surface area (Å²) in [5.41, 5.74) is 3.04. The molecule has 1 unspecified atom stereocenters. The van der Waals surface area contributed by atoms with Crippen LogP contribution in [0.4, 0.5) is 11.4 Å². The summed E-state index contributed by atoms with van der Waals surface area (Å²) in [6.45, 7) is 5.98. The van der Waals surface area contributed by atoms with Gasteiger partial charge in [0.2, 0.25) is 0 Å². The number of anilines is 1. The highest BCUT2D eigenvalue weighted by Gasteiger charge is 2.27. The van der Waals surface area contributed by atoms with Crippen molar-refractivity contribution in [3.63, 3.8) is 0 Å². The van der Waals surface area contributed by atoms with Crippen molar-refractivity contribution in [2.24, 2.45) is 0 Å². The quantitative estimate of drug-likeness (QED) is 0.444. The molecule has 1 saturated heterocycles. The predicted molar refractivity (Wildman–Crippen MR) is 116 cm³/mol. The Hall–Kier alpha value is -3.61. The predicted octanol–water partition coefficient (Wildman–Crippen LogP) is 4.06. The van der Waals surface area contributed by atoms with E-state index < -0.39 is 11.0 Å². The van der Waals surface area contributed by atoms with Gasteiger partial charge in [-0.3, -0.25) is 14.9 Å². The Balaban J connectivity index is 1.57. The van der Waals surface area contributed by atoms with Crippen molar-refractivity contribution in [1.82, 2.24) is 10.6 Å². The van der Waals surface area contributed by atoms with Crippen LogP contribution in [-0.2, 0) is 0 Å². The molecular weight excluding hydrogens is 380 g/mol. The lowest BCUT2D eigenvalue weighted by Crippen LogP contribution is -2.35. The Labute approximate surface area is 175 Å². The second-order valence-corrected chi connectivity index (χ2v) is 7.57. The molecule has 0 aliphatic carbocycles. The average Bonchev–Trinajstić information content (AvgIpc) is 2.79. The summed E-state index contributed by atoms with van der Waals surface area (Å²) in [6.07, 6.45) is 5.33. The average molecular weight is 404 g/mol. The number of hydrogen-bond acceptors (Lipinski definition) is 6. The molecule has 0 saturated carbocycles. The number of piperidine rings is 1. The Morgan fingerprint density at radius 3 is 2.33 bits per heavy atom. The van der Waals surface area contributed by atoms with Crippen LogP contribution in [0.3, 0.4) is 0 Å². The van der Waals surface area contributed by atoms with E-state index in [1.54, 1.807) is 18.3 Å². The van der Waals surface area contributed by atoms with Gasteiger partial charge in [0.25, 0.3) is 5.69 Å². The molecule has 2 aliphatic heterocycles. The van der Waals surface area contributed by atoms with Crippen LogP contribution in [0.25, 0.3) is 0 Å². The smallest absolute Gasteiger partial charge is 0.269 e. The van der Waals surface area contributed by atoms with Gasteiger partial charge in [-0.15, -0.1) is 0 Å². The molecule has 7 nitrogen and oxygen atoms in total. The molecule has 2 N–H and O–H groups in total. The number of non-ortho nitro benzene ring substituents is 1. The van der Waals surface area contributed by atoms with E-state index in [1.165, 1.54) is 31.4 Å². The summed E-state index contributed by atoms with van der Waals surface area (Å²) in [7, 11) is 0. The fourth-order valence-electron chi connectivity index (χ4n) is 3.93. The Morgan fingerprint density at radius 1 is 1.03 bits per heavy atom. The first-order valence-electron chi connectivity index (χ1n) is 10.1. The molecule has 154 valence electrons. The second-order valence-electron chi connectivity index (χ2n) is 7.57. The third kappa shape index (κ3) is 4.05.